The minimum absolute atomic E-state index is 0.0119. The van der Waals surface area contributed by atoms with Gasteiger partial charge in [-0.05, 0) is 0 Å². The first-order chi connectivity index (χ1) is 42.2. The van der Waals surface area contributed by atoms with E-state index in [0.717, 1.165) is 58.0 Å². The summed E-state index contributed by atoms with van der Waals surface area (Å²) < 4.78 is 116. The van der Waals surface area contributed by atoms with Gasteiger partial charge in [0.05, 0.1) is 51.7 Å². The number of aliphatic hydroxyl groups excluding tert-OH is 5. The van der Waals surface area contributed by atoms with Crippen molar-refractivity contribution in [2.75, 3.05) is 49.4 Å². The molecule has 8 aromatic rings. The Labute approximate surface area is 493 Å². The zero-order valence-corrected chi connectivity index (χ0v) is 48.0. The average molecular weight is 1330 g/mol. The van der Waals surface area contributed by atoms with Crippen LogP contribution in [0.2, 0.25) is 0 Å². The molecule has 0 aliphatic carbocycles. The van der Waals surface area contributed by atoms with E-state index in [-0.39, 0.29) is 67.9 Å². The Morgan fingerprint density at radius 1 is 0.393 bits per heavy atom. The van der Waals surface area contributed by atoms with Crippen molar-refractivity contribution in [1.29, 1.82) is 0 Å². The molecule has 4 saturated heterocycles. The monoisotopic (exact) mass is 1330 g/mol. The van der Waals surface area contributed by atoms with Crippen LogP contribution >= 0.6 is 31.3 Å². The number of hydrogen-bond acceptors (Lipinski definition) is 40. The molecule has 45 nitrogen and oxygen atoms in total. The highest BCUT2D eigenvalue weighted by molar-refractivity contribution is 7.46. The number of nitrogens with two attached hydrogens (primary N) is 4. The number of aromatic nitrogens is 16. The van der Waals surface area contributed by atoms with Gasteiger partial charge < -0.3 is 124 Å². The predicted octanol–water partition coefficient (Wildman–Crippen LogP) is -6.84. The molecular formula is C40H46N20O25P4-4. The van der Waals surface area contributed by atoms with Crippen molar-refractivity contribution >= 4 is 99.2 Å². The number of anilines is 4. The van der Waals surface area contributed by atoms with Gasteiger partial charge in [-0.2, -0.15) is 0 Å². The number of imidazole rings is 4. The van der Waals surface area contributed by atoms with Crippen molar-refractivity contribution in [1.82, 2.24) is 78.1 Å². The van der Waals surface area contributed by atoms with E-state index in [0.29, 0.717) is 0 Å². The summed E-state index contributed by atoms with van der Waals surface area (Å²) in [6.45, 7) is -4.52. The number of ether oxygens (including phenoxy) is 4. The fourth-order valence-electron chi connectivity index (χ4n) is 10.1. The van der Waals surface area contributed by atoms with Gasteiger partial charge in [-0.3, -0.25) is 36.5 Å². The first kappa shape index (κ1) is 62.7. The number of phosphoric ester groups is 4. The van der Waals surface area contributed by atoms with Crippen LogP contribution in [0.25, 0.3) is 44.7 Å². The van der Waals surface area contributed by atoms with E-state index in [1.165, 1.54) is 10.9 Å². The van der Waals surface area contributed by atoms with Crippen LogP contribution in [-0.2, 0) is 68.9 Å². The second kappa shape index (κ2) is 23.9. The Morgan fingerprint density at radius 3 is 0.944 bits per heavy atom. The number of hydrogen-bond donors (Lipinski definition) is 10. The summed E-state index contributed by atoms with van der Waals surface area (Å²) in [5, 5.41) is 56.6. The van der Waals surface area contributed by atoms with Gasteiger partial charge in [0.25, 0.3) is 31.3 Å². The van der Waals surface area contributed by atoms with Crippen molar-refractivity contribution in [2.45, 2.75) is 98.2 Å². The molecule has 4 fully saturated rings. The lowest BCUT2D eigenvalue weighted by atomic mass is 10.1. The average Bonchev–Trinajstić information content (AvgIpc) is 1.70. The van der Waals surface area contributed by atoms with E-state index in [1.807, 2.05) is 0 Å². The minimum atomic E-state index is -5.90. The maximum atomic E-state index is 14.0. The number of aliphatic hydroxyl groups is 5. The number of nitrogens with zero attached hydrogens (tertiary/aromatic N) is 16. The quantitative estimate of drug-likeness (QED) is 0.0282. The molecule has 12 rings (SSSR count). The van der Waals surface area contributed by atoms with Crippen LogP contribution in [0.15, 0.2) is 50.6 Å². The molecule has 0 aromatic carbocycles. The molecule has 14 N–H and O–H groups in total. The highest BCUT2D eigenvalue weighted by atomic mass is 31.2. The van der Waals surface area contributed by atoms with Crippen LogP contribution in [0.3, 0.4) is 0 Å². The van der Waals surface area contributed by atoms with Gasteiger partial charge in [-0.1, -0.05) is 0 Å². The minimum Gasteiger partial charge on any atom is -0.756 e. The number of phosphoric acid groups is 4. The standard InChI is InChI=1S/C40H50N20O25P4/c41-29-17-33(49-5-45-29)57(9-53-17)37-25(65)21(61)13(79-37)2-76-87(69,70)84-27-23(63)15(81-39(27)59-11-55-19-31(43)47-7-51-35(19)59)4-78-89(73,74)85-28-24(64)16(82-40(28)60-12-56-20-32(44)48-8-52-36(20)60)3-77-88(71,72)83-26-22(62)14(1-75-86(66,67)68)80-38(26)58-10-54-18-30(42)46-6-50-34(18)58/h5-16,21-28,37-40,61-65H,1-4H2,(H,69,70)(H,71,72)(H,73,74)(H2,41,45,49)(H2,42,46,50)(H2,43,47,51)(H2,44,48,52)(H2,66,67,68)/p-4/t13-,14-,15-,16-,21-,22-,23-,24-,25-,26-,27-,28-,37-,38-,39-,40-/m1/s1. The Kier molecular flexibility index (Phi) is 16.9. The molecular weight excluding hydrogens is 1280 g/mol. The van der Waals surface area contributed by atoms with E-state index in [1.54, 1.807) is 0 Å². The van der Waals surface area contributed by atoms with Gasteiger partial charge in [0.15, 0.2) is 70.8 Å². The summed E-state index contributed by atoms with van der Waals surface area (Å²) in [6.07, 6.45) is -21.7. The van der Waals surface area contributed by atoms with E-state index < -0.39 is 156 Å². The molecule has 0 bridgehead atoms. The summed E-state index contributed by atoms with van der Waals surface area (Å²) in [5.41, 5.74) is 23.5. The summed E-state index contributed by atoms with van der Waals surface area (Å²) in [7, 11) is -22.9. The molecule has 4 unspecified atom stereocenters. The molecule has 20 atom stereocenters. The van der Waals surface area contributed by atoms with E-state index in [9.17, 15) is 68.3 Å². The molecule has 4 aliphatic rings. The van der Waals surface area contributed by atoms with E-state index >= 15 is 0 Å². The van der Waals surface area contributed by atoms with Crippen LogP contribution in [-0.4, -0.2) is 208 Å². The zero-order chi connectivity index (χ0) is 63.2. The third kappa shape index (κ3) is 12.3. The predicted molar refractivity (Wildman–Crippen MR) is 276 cm³/mol. The first-order valence-electron chi connectivity index (χ1n) is 25.5. The smallest absolute Gasteiger partial charge is 0.268 e. The van der Waals surface area contributed by atoms with Crippen molar-refractivity contribution in [2.24, 2.45) is 0 Å². The highest BCUT2D eigenvalue weighted by Crippen LogP contribution is 2.52. The lowest BCUT2D eigenvalue weighted by molar-refractivity contribution is -0.238. The summed E-state index contributed by atoms with van der Waals surface area (Å²) in [5.74, 6) is -0.476. The van der Waals surface area contributed by atoms with Gasteiger partial charge in [0.2, 0.25) is 0 Å². The normalized spacial score (nSPS) is 31.8. The molecule has 4 aliphatic heterocycles. The molecule has 8 aromatic heterocycles. The molecule has 480 valence electrons. The van der Waals surface area contributed by atoms with Crippen LogP contribution in [0.5, 0.6) is 0 Å². The SMILES string of the molecule is Nc1ncnc2c1ncn2[C@@H]1O[C@H](COP(=O)([O-])O[C@@H]2[C@H](O)[C@@H](COP(=O)([O-])O[C@@H]3[C@H](O)[C@@H](COP(=O)([O-])O[C@@H]4[C@H](O)[C@@H](COP(=O)([O-])O)O[C@H]4n4cnc5c(N)ncnc54)O[C@H]3n3cnc4c(N)ncnc43)O[C@H]2n2cnc3c(N)ncnc32)[C@@H](O)[C@H]1O. The van der Waals surface area contributed by atoms with Crippen LogP contribution < -0.4 is 42.5 Å². The second-order valence-corrected chi connectivity index (χ2v) is 25.0. The van der Waals surface area contributed by atoms with Gasteiger partial charge in [0, 0.05) is 0 Å². The first-order valence-corrected chi connectivity index (χ1v) is 31.4. The largest absolute Gasteiger partial charge is 0.756 e. The maximum Gasteiger partial charge on any atom is 0.268 e. The Hall–Kier alpha value is -6.52. The van der Waals surface area contributed by atoms with Crippen LogP contribution in [0.4, 0.5) is 23.3 Å². The highest BCUT2D eigenvalue weighted by Gasteiger charge is 2.53. The fourth-order valence-corrected chi connectivity index (χ4v) is 13.2. The second-order valence-electron chi connectivity index (χ2n) is 19.7. The number of nitrogen functional groups attached to an aromatic ring is 4. The molecule has 0 spiro atoms. The third-order valence-corrected chi connectivity index (χ3v) is 17.6. The van der Waals surface area contributed by atoms with Gasteiger partial charge in [-0.25, -0.2) is 59.8 Å². The fraction of sp³-hybridized carbons (Fsp3) is 0.500. The molecule has 49 heteroatoms. The summed E-state index contributed by atoms with van der Waals surface area (Å²) >= 11 is 0. The molecule has 0 amide bonds. The van der Waals surface area contributed by atoms with Crippen molar-refractivity contribution in [3.05, 3.63) is 50.6 Å². The van der Waals surface area contributed by atoms with E-state index in [4.69, 9.17) is 69.0 Å². The summed E-state index contributed by atoms with van der Waals surface area (Å²) in [4.78, 5) is 110. The number of rotatable bonds is 22. The summed E-state index contributed by atoms with van der Waals surface area (Å²) in [6, 6.07) is 0. The van der Waals surface area contributed by atoms with Gasteiger partial charge in [0.1, 0.15) is 121 Å². The Morgan fingerprint density at radius 2 is 0.652 bits per heavy atom. The molecule has 0 saturated carbocycles. The van der Waals surface area contributed by atoms with Crippen molar-refractivity contribution < 1.29 is 119 Å². The van der Waals surface area contributed by atoms with Crippen molar-refractivity contribution in [3.63, 3.8) is 0 Å². The van der Waals surface area contributed by atoms with Crippen LogP contribution in [0.1, 0.15) is 24.9 Å². The topological polar surface area (TPSA) is 662 Å². The maximum absolute atomic E-state index is 14.0. The third-order valence-electron chi connectivity index (χ3n) is 14.3. The lowest BCUT2D eigenvalue weighted by Gasteiger charge is -2.31. The Balaban J connectivity index is 0.751. The zero-order valence-electron chi connectivity index (χ0n) is 44.4. The van der Waals surface area contributed by atoms with Crippen LogP contribution in [0, 0.1) is 0 Å². The lowest BCUT2D eigenvalue weighted by Crippen LogP contribution is -2.39. The van der Waals surface area contributed by atoms with E-state index in [2.05, 4.69) is 64.3 Å². The van der Waals surface area contributed by atoms with Crippen molar-refractivity contribution in [3.8, 4) is 0 Å². The van der Waals surface area contributed by atoms with Gasteiger partial charge in [-0.15, -0.1) is 0 Å². The molecule has 0 radical (unpaired) electrons. The molecule has 12 heterocycles. The molecule has 89 heavy (non-hydrogen) atoms. The number of fused-ring (bicyclic) bond motifs is 4. The van der Waals surface area contributed by atoms with Gasteiger partial charge >= 0.3 is 0 Å². The Bertz CT molecular complexity index is 4150.